The molecule has 1 spiro atoms. The van der Waals surface area contributed by atoms with Gasteiger partial charge in [-0.15, -0.1) is 0 Å². The zero-order valence-corrected chi connectivity index (χ0v) is 14.3. The molecule has 0 radical (unpaired) electrons. The number of rotatable bonds is 2. The lowest BCUT2D eigenvalue weighted by Crippen LogP contribution is -2.48. The maximum Gasteiger partial charge on any atom is 0.235 e. The molecule has 3 heterocycles. The number of carbonyl (C=O) groups excluding carboxylic acids is 1. The highest BCUT2D eigenvalue weighted by molar-refractivity contribution is 6.06. The summed E-state index contributed by atoms with van der Waals surface area (Å²) in [7, 11) is 0. The van der Waals surface area contributed by atoms with Crippen LogP contribution in [0.5, 0.6) is 0 Å². The first-order valence-corrected chi connectivity index (χ1v) is 9.05. The van der Waals surface area contributed by atoms with Crippen LogP contribution in [0.25, 0.3) is 0 Å². The molecule has 1 amide bonds. The summed E-state index contributed by atoms with van der Waals surface area (Å²) in [5, 5.41) is 3.18. The minimum Gasteiger partial charge on any atom is -0.371 e. The van der Waals surface area contributed by atoms with E-state index in [2.05, 4.69) is 47.2 Å². The van der Waals surface area contributed by atoms with Crippen molar-refractivity contribution in [2.24, 2.45) is 0 Å². The minimum absolute atomic E-state index is 0.217. The Morgan fingerprint density at radius 3 is 2.43 bits per heavy atom. The monoisotopic (exact) mass is 313 g/mol. The van der Waals surface area contributed by atoms with Gasteiger partial charge >= 0.3 is 0 Å². The standard InChI is InChI=1S/C19H27N3O/c1-14(2)21-11-7-19(8-12-21)16-6-5-15(22-9-3-4-10-22)13-17(16)20-18(19)23/h5-6,13-14H,3-4,7-12H2,1-2H3,(H,20,23). The molecule has 1 aromatic rings. The highest BCUT2D eigenvalue weighted by Gasteiger charge is 2.48. The van der Waals surface area contributed by atoms with E-state index in [1.165, 1.54) is 24.1 Å². The average molecular weight is 313 g/mol. The number of anilines is 2. The molecule has 2 fully saturated rings. The summed E-state index contributed by atoms with van der Waals surface area (Å²) in [5.41, 5.74) is 3.26. The smallest absolute Gasteiger partial charge is 0.235 e. The van der Waals surface area contributed by atoms with Crippen LogP contribution >= 0.6 is 0 Å². The Balaban J connectivity index is 1.61. The fourth-order valence-electron chi connectivity index (χ4n) is 4.51. The third-order valence-corrected chi connectivity index (χ3v) is 6.05. The van der Waals surface area contributed by atoms with Crippen LogP contribution in [0.3, 0.4) is 0 Å². The van der Waals surface area contributed by atoms with Gasteiger partial charge in [0.25, 0.3) is 0 Å². The number of benzene rings is 1. The highest BCUT2D eigenvalue weighted by Crippen LogP contribution is 2.46. The molecule has 3 aliphatic heterocycles. The van der Waals surface area contributed by atoms with Gasteiger partial charge in [-0.3, -0.25) is 4.79 Å². The molecule has 0 unspecified atom stereocenters. The molecule has 4 heteroatoms. The van der Waals surface area contributed by atoms with E-state index >= 15 is 0 Å². The molecule has 0 saturated carbocycles. The number of hydrogen-bond donors (Lipinski definition) is 1. The Morgan fingerprint density at radius 1 is 1.09 bits per heavy atom. The molecule has 0 atom stereocenters. The van der Waals surface area contributed by atoms with Gasteiger partial charge in [0.15, 0.2) is 0 Å². The number of carbonyl (C=O) groups is 1. The Morgan fingerprint density at radius 2 is 1.78 bits per heavy atom. The van der Waals surface area contributed by atoms with E-state index in [0.29, 0.717) is 6.04 Å². The van der Waals surface area contributed by atoms with Crippen molar-refractivity contribution in [3.63, 3.8) is 0 Å². The van der Waals surface area contributed by atoms with Gasteiger partial charge in [0, 0.05) is 30.5 Å². The molecule has 0 aromatic heterocycles. The Kier molecular flexibility index (Phi) is 3.60. The fourth-order valence-corrected chi connectivity index (χ4v) is 4.51. The highest BCUT2D eigenvalue weighted by atomic mass is 16.2. The third kappa shape index (κ3) is 2.35. The summed E-state index contributed by atoms with van der Waals surface area (Å²) in [6.07, 6.45) is 4.43. The number of piperidine rings is 1. The van der Waals surface area contributed by atoms with Crippen molar-refractivity contribution >= 4 is 17.3 Å². The van der Waals surface area contributed by atoms with Crippen LogP contribution in [-0.4, -0.2) is 43.0 Å². The average Bonchev–Trinajstić information content (AvgIpc) is 3.16. The van der Waals surface area contributed by atoms with Crippen molar-refractivity contribution in [1.82, 2.24) is 4.90 Å². The molecule has 4 rings (SSSR count). The molecule has 0 aliphatic carbocycles. The maximum atomic E-state index is 12.8. The molecule has 124 valence electrons. The molecular formula is C19H27N3O. The van der Waals surface area contributed by atoms with Gasteiger partial charge in [-0.1, -0.05) is 6.07 Å². The fraction of sp³-hybridized carbons (Fsp3) is 0.632. The second-order valence-electron chi connectivity index (χ2n) is 7.59. The van der Waals surface area contributed by atoms with Crippen LogP contribution < -0.4 is 10.2 Å². The predicted octanol–water partition coefficient (Wildman–Crippen LogP) is 2.98. The lowest BCUT2D eigenvalue weighted by molar-refractivity contribution is -0.122. The zero-order chi connectivity index (χ0) is 16.0. The van der Waals surface area contributed by atoms with Crippen LogP contribution in [0.1, 0.15) is 45.1 Å². The van der Waals surface area contributed by atoms with Crippen molar-refractivity contribution in [1.29, 1.82) is 0 Å². The minimum atomic E-state index is -0.287. The first-order valence-electron chi connectivity index (χ1n) is 9.05. The Hall–Kier alpha value is -1.55. The molecule has 4 nitrogen and oxygen atoms in total. The predicted molar refractivity (Wildman–Crippen MR) is 94.1 cm³/mol. The molecule has 0 bridgehead atoms. The van der Waals surface area contributed by atoms with E-state index in [0.717, 1.165) is 44.7 Å². The van der Waals surface area contributed by atoms with Gasteiger partial charge in [0.1, 0.15) is 0 Å². The summed E-state index contributed by atoms with van der Waals surface area (Å²) in [6.45, 7) is 8.78. The second-order valence-corrected chi connectivity index (χ2v) is 7.59. The summed E-state index contributed by atoms with van der Waals surface area (Å²) in [6, 6.07) is 7.20. The summed E-state index contributed by atoms with van der Waals surface area (Å²) in [4.78, 5) is 17.7. The largest absolute Gasteiger partial charge is 0.371 e. The van der Waals surface area contributed by atoms with Gasteiger partial charge in [0.05, 0.1) is 5.41 Å². The first kappa shape index (κ1) is 15.0. The normalized spacial score (nSPS) is 23.6. The Bertz CT molecular complexity index is 611. The SMILES string of the molecule is CC(C)N1CCC2(CC1)C(=O)Nc1cc(N3CCCC3)ccc12. The van der Waals surface area contributed by atoms with Crippen molar-refractivity contribution in [2.45, 2.75) is 51.0 Å². The maximum absolute atomic E-state index is 12.8. The van der Waals surface area contributed by atoms with Gasteiger partial charge in [-0.05, 0) is 70.3 Å². The van der Waals surface area contributed by atoms with Gasteiger partial charge in [-0.2, -0.15) is 0 Å². The van der Waals surface area contributed by atoms with E-state index < -0.39 is 0 Å². The molecule has 2 saturated heterocycles. The lowest BCUT2D eigenvalue weighted by atomic mass is 9.73. The van der Waals surface area contributed by atoms with Gasteiger partial charge in [-0.25, -0.2) is 0 Å². The lowest BCUT2D eigenvalue weighted by Gasteiger charge is -2.39. The van der Waals surface area contributed by atoms with E-state index in [-0.39, 0.29) is 11.3 Å². The third-order valence-electron chi connectivity index (χ3n) is 6.05. The van der Waals surface area contributed by atoms with Crippen LogP contribution in [0.15, 0.2) is 18.2 Å². The summed E-state index contributed by atoms with van der Waals surface area (Å²) >= 11 is 0. The van der Waals surface area contributed by atoms with Crippen molar-refractivity contribution in [3.05, 3.63) is 23.8 Å². The van der Waals surface area contributed by atoms with Gasteiger partial charge in [0.2, 0.25) is 5.91 Å². The number of hydrogen-bond acceptors (Lipinski definition) is 3. The van der Waals surface area contributed by atoms with E-state index in [1.54, 1.807) is 0 Å². The van der Waals surface area contributed by atoms with E-state index in [9.17, 15) is 4.79 Å². The zero-order valence-electron chi connectivity index (χ0n) is 14.3. The van der Waals surface area contributed by atoms with Crippen LogP contribution in [-0.2, 0) is 10.2 Å². The Labute approximate surface area is 138 Å². The molecule has 1 N–H and O–H groups in total. The number of nitrogens with one attached hydrogen (secondary N) is 1. The van der Waals surface area contributed by atoms with Crippen molar-refractivity contribution in [3.8, 4) is 0 Å². The van der Waals surface area contributed by atoms with E-state index in [4.69, 9.17) is 0 Å². The van der Waals surface area contributed by atoms with Gasteiger partial charge < -0.3 is 15.1 Å². The van der Waals surface area contributed by atoms with Crippen LogP contribution in [0, 0.1) is 0 Å². The molecule has 3 aliphatic rings. The summed E-state index contributed by atoms with van der Waals surface area (Å²) in [5.74, 6) is 0.217. The van der Waals surface area contributed by atoms with Crippen LogP contribution in [0.2, 0.25) is 0 Å². The van der Waals surface area contributed by atoms with Crippen molar-refractivity contribution < 1.29 is 4.79 Å². The number of fused-ring (bicyclic) bond motifs is 2. The number of likely N-dealkylation sites (tertiary alicyclic amines) is 1. The first-order chi connectivity index (χ1) is 11.1. The summed E-state index contributed by atoms with van der Waals surface area (Å²) < 4.78 is 0. The van der Waals surface area contributed by atoms with Crippen LogP contribution in [0.4, 0.5) is 11.4 Å². The molecular weight excluding hydrogens is 286 g/mol. The number of amides is 1. The topological polar surface area (TPSA) is 35.6 Å². The van der Waals surface area contributed by atoms with E-state index in [1.807, 2.05) is 0 Å². The van der Waals surface area contributed by atoms with Crippen molar-refractivity contribution in [2.75, 3.05) is 36.4 Å². The number of nitrogens with zero attached hydrogens (tertiary/aromatic N) is 2. The quantitative estimate of drug-likeness (QED) is 0.912. The second kappa shape index (κ2) is 5.52. The molecule has 1 aromatic carbocycles. The molecule has 23 heavy (non-hydrogen) atoms.